The SMILES string of the molecule is CC/C=C\C/C=C\C/C=C\C/C=C\C/C=C\C/C=C\C/C=C\CC(=O)OCC(O)COP(=O)(O)OCC(NC(=O)CCCCCCCCC)C(=O)O. The van der Waals surface area contributed by atoms with Crippen molar-refractivity contribution in [1.82, 2.24) is 5.32 Å². The molecule has 52 heavy (non-hydrogen) atoms. The Morgan fingerprint density at radius 3 is 1.56 bits per heavy atom. The molecule has 0 fully saturated rings. The summed E-state index contributed by atoms with van der Waals surface area (Å²) in [6.45, 7) is 2.26. The number of carboxylic acids is 1. The summed E-state index contributed by atoms with van der Waals surface area (Å²) in [5.41, 5.74) is 0. The van der Waals surface area contributed by atoms with Crippen LogP contribution in [0.1, 0.15) is 117 Å². The second-order valence-corrected chi connectivity index (χ2v) is 13.5. The number of ether oxygens (including phenoxy) is 1. The number of nitrogens with one attached hydrogen (secondary N) is 1. The summed E-state index contributed by atoms with van der Waals surface area (Å²) >= 11 is 0. The zero-order valence-electron chi connectivity index (χ0n) is 31.3. The maximum absolute atomic E-state index is 12.2. The standard InChI is InChI=1S/C40H64NO10P/c1-3-5-7-9-11-12-13-14-15-16-17-18-19-20-21-22-23-24-26-28-30-32-39(44)49-33-36(42)34-50-52(47,48)51-35-37(40(45)46)41-38(43)31-29-27-25-10-8-6-4-2/h5,7,11-12,14-15,17-18,20-21,23-24,28,30,36-37,42H,3-4,6,8-10,13,16,19,22,25-27,29,31-35H2,1-2H3,(H,41,43)(H,45,46)(H,47,48)/b7-5-,12-11-,15-14-,18-17-,21-20-,24-23-,30-28-. The molecule has 0 aliphatic rings. The van der Waals surface area contributed by atoms with Crippen molar-refractivity contribution in [1.29, 1.82) is 0 Å². The first kappa shape index (κ1) is 48.7. The lowest BCUT2D eigenvalue weighted by Crippen LogP contribution is -2.43. The van der Waals surface area contributed by atoms with Crippen molar-refractivity contribution in [3.8, 4) is 0 Å². The number of allylic oxidation sites excluding steroid dienone is 13. The molecule has 0 heterocycles. The minimum atomic E-state index is -4.77. The summed E-state index contributed by atoms with van der Waals surface area (Å²) in [5.74, 6) is -2.54. The number of aliphatic hydroxyl groups is 1. The van der Waals surface area contributed by atoms with Crippen LogP contribution in [0.4, 0.5) is 0 Å². The zero-order valence-corrected chi connectivity index (χ0v) is 32.2. The highest BCUT2D eigenvalue weighted by molar-refractivity contribution is 7.47. The molecule has 0 saturated heterocycles. The van der Waals surface area contributed by atoms with Gasteiger partial charge in [0.2, 0.25) is 5.91 Å². The minimum absolute atomic E-state index is 0.0148. The molecule has 0 aromatic carbocycles. The average molecular weight is 750 g/mol. The fourth-order valence-electron chi connectivity index (χ4n) is 4.34. The number of carbonyl (C=O) groups excluding carboxylic acids is 2. The van der Waals surface area contributed by atoms with Gasteiger partial charge >= 0.3 is 19.8 Å². The van der Waals surface area contributed by atoms with E-state index in [4.69, 9.17) is 13.8 Å². The Hall–Kier alpha value is -3.34. The molecular weight excluding hydrogens is 685 g/mol. The number of amides is 1. The Morgan fingerprint density at radius 2 is 1.08 bits per heavy atom. The fraction of sp³-hybridized carbons (Fsp3) is 0.575. The molecule has 0 spiro atoms. The van der Waals surface area contributed by atoms with E-state index < -0.39 is 57.6 Å². The molecule has 11 nitrogen and oxygen atoms in total. The highest BCUT2D eigenvalue weighted by Crippen LogP contribution is 2.43. The van der Waals surface area contributed by atoms with Crippen LogP contribution in [0.2, 0.25) is 0 Å². The summed E-state index contributed by atoms with van der Waals surface area (Å²) in [6, 6.07) is -1.56. The normalized spacial score (nSPS) is 14.8. The molecule has 0 bridgehead atoms. The van der Waals surface area contributed by atoms with Crippen molar-refractivity contribution < 1.29 is 47.8 Å². The zero-order chi connectivity index (χ0) is 38.5. The number of carboxylic acid groups (broad SMARTS) is 1. The van der Waals surface area contributed by atoms with Crippen LogP contribution in [-0.2, 0) is 32.7 Å². The quantitative estimate of drug-likeness (QED) is 0.0220. The molecular formula is C40H64NO10P. The summed E-state index contributed by atoms with van der Waals surface area (Å²) in [5, 5.41) is 21.6. The van der Waals surface area contributed by atoms with Crippen molar-refractivity contribution in [2.24, 2.45) is 0 Å². The molecule has 0 aromatic rings. The number of hydrogen-bond acceptors (Lipinski definition) is 8. The summed E-state index contributed by atoms with van der Waals surface area (Å²) in [4.78, 5) is 45.4. The molecule has 1 amide bonds. The van der Waals surface area contributed by atoms with Crippen LogP contribution in [0.15, 0.2) is 85.1 Å². The second kappa shape index (κ2) is 34.7. The Kier molecular flexibility index (Phi) is 32.5. The van der Waals surface area contributed by atoms with E-state index in [-0.39, 0.29) is 12.8 Å². The van der Waals surface area contributed by atoms with E-state index >= 15 is 0 Å². The van der Waals surface area contributed by atoms with Crippen molar-refractivity contribution in [2.75, 3.05) is 19.8 Å². The minimum Gasteiger partial charge on any atom is -0.480 e. The largest absolute Gasteiger partial charge is 0.480 e. The van der Waals surface area contributed by atoms with Crippen LogP contribution in [0.25, 0.3) is 0 Å². The number of carbonyl (C=O) groups is 3. The third-order valence-corrected chi connectivity index (χ3v) is 8.18. The lowest BCUT2D eigenvalue weighted by molar-refractivity contribution is -0.146. The van der Waals surface area contributed by atoms with Crippen LogP contribution in [0.3, 0.4) is 0 Å². The van der Waals surface area contributed by atoms with Crippen molar-refractivity contribution in [2.45, 2.75) is 129 Å². The number of hydrogen-bond donors (Lipinski definition) is 4. The predicted molar refractivity (Wildman–Crippen MR) is 207 cm³/mol. The highest BCUT2D eigenvalue weighted by Gasteiger charge is 2.28. The maximum Gasteiger partial charge on any atom is 0.472 e. The number of phosphoric acid groups is 1. The molecule has 294 valence electrons. The highest BCUT2D eigenvalue weighted by atomic mass is 31.2. The predicted octanol–water partition coefficient (Wildman–Crippen LogP) is 8.77. The van der Waals surface area contributed by atoms with Crippen LogP contribution < -0.4 is 5.32 Å². The van der Waals surface area contributed by atoms with E-state index in [1.807, 2.05) is 18.2 Å². The first-order valence-corrected chi connectivity index (χ1v) is 20.1. The molecule has 3 atom stereocenters. The summed E-state index contributed by atoms with van der Waals surface area (Å²) in [7, 11) is -4.77. The number of phosphoric ester groups is 1. The molecule has 0 radical (unpaired) electrons. The first-order chi connectivity index (χ1) is 25.1. The Balaban J connectivity index is 4.07. The van der Waals surface area contributed by atoms with Gasteiger partial charge in [-0.15, -0.1) is 0 Å². The molecule has 0 aliphatic carbocycles. The lowest BCUT2D eigenvalue weighted by atomic mass is 10.1. The van der Waals surface area contributed by atoms with Gasteiger partial charge in [-0.3, -0.25) is 18.6 Å². The molecule has 0 rings (SSSR count). The van der Waals surface area contributed by atoms with Gasteiger partial charge in [0, 0.05) is 6.42 Å². The van der Waals surface area contributed by atoms with E-state index in [1.54, 1.807) is 6.08 Å². The summed E-state index contributed by atoms with van der Waals surface area (Å²) < 4.78 is 26.5. The van der Waals surface area contributed by atoms with E-state index in [0.717, 1.165) is 70.6 Å². The van der Waals surface area contributed by atoms with Gasteiger partial charge in [0.15, 0.2) is 6.04 Å². The van der Waals surface area contributed by atoms with Gasteiger partial charge in [-0.25, -0.2) is 9.36 Å². The van der Waals surface area contributed by atoms with E-state index in [9.17, 15) is 34.1 Å². The summed E-state index contributed by atoms with van der Waals surface area (Å²) in [6.07, 6.45) is 41.1. The number of aliphatic carboxylic acids is 1. The van der Waals surface area contributed by atoms with Crippen LogP contribution in [-0.4, -0.2) is 64.9 Å². The Morgan fingerprint density at radius 1 is 0.635 bits per heavy atom. The van der Waals surface area contributed by atoms with E-state index in [0.29, 0.717) is 12.8 Å². The Bertz CT molecular complexity index is 1200. The van der Waals surface area contributed by atoms with Gasteiger partial charge in [0.25, 0.3) is 0 Å². The molecule has 4 N–H and O–H groups in total. The lowest BCUT2D eigenvalue weighted by Gasteiger charge is -2.18. The van der Waals surface area contributed by atoms with Gasteiger partial charge < -0.3 is 25.2 Å². The fourth-order valence-corrected chi connectivity index (χ4v) is 5.11. The number of aliphatic hydroxyl groups excluding tert-OH is 1. The number of rotatable bonds is 33. The van der Waals surface area contributed by atoms with Gasteiger partial charge in [0.05, 0.1) is 19.6 Å². The van der Waals surface area contributed by atoms with Gasteiger partial charge in [0.1, 0.15) is 12.7 Å². The third kappa shape index (κ3) is 33.8. The monoisotopic (exact) mass is 749 g/mol. The Labute approximate surface area is 311 Å². The number of unbranched alkanes of at least 4 members (excludes halogenated alkanes) is 6. The van der Waals surface area contributed by atoms with E-state index in [1.165, 1.54) is 6.42 Å². The van der Waals surface area contributed by atoms with Gasteiger partial charge in [-0.1, -0.05) is 137 Å². The smallest absolute Gasteiger partial charge is 0.472 e. The van der Waals surface area contributed by atoms with Crippen LogP contribution in [0, 0.1) is 0 Å². The van der Waals surface area contributed by atoms with Gasteiger partial charge in [-0.05, 0) is 51.4 Å². The van der Waals surface area contributed by atoms with Crippen LogP contribution >= 0.6 is 7.82 Å². The molecule has 12 heteroatoms. The van der Waals surface area contributed by atoms with Gasteiger partial charge in [-0.2, -0.15) is 0 Å². The van der Waals surface area contributed by atoms with E-state index in [2.05, 4.69) is 79.9 Å². The number of esters is 1. The molecule has 0 saturated carbocycles. The molecule has 0 aliphatic heterocycles. The topological polar surface area (TPSA) is 169 Å². The molecule has 0 aromatic heterocycles. The van der Waals surface area contributed by atoms with Crippen molar-refractivity contribution in [3.63, 3.8) is 0 Å². The van der Waals surface area contributed by atoms with Crippen molar-refractivity contribution in [3.05, 3.63) is 85.1 Å². The average Bonchev–Trinajstić information content (AvgIpc) is 3.11. The molecule has 3 unspecified atom stereocenters. The first-order valence-electron chi connectivity index (χ1n) is 18.6. The third-order valence-electron chi connectivity index (χ3n) is 7.23. The van der Waals surface area contributed by atoms with Crippen LogP contribution in [0.5, 0.6) is 0 Å². The second-order valence-electron chi connectivity index (χ2n) is 12.1. The van der Waals surface area contributed by atoms with Crippen molar-refractivity contribution >= 4 is 25.7 Å². The maximum atomic E-state index is 12.2.